The van der Waals surface area contributed by atoms with Gasteiger partial charge in [-0.25, -0.2) is 0 Å². The Labute approximate surface area is 139 Å². The van der Waals surface area contributed by atoms with Crippen LogP contribution in [0.25, 0.3) is 0 Å². The van der Waals surface area contributed by atoms with Crippen LogP contribution in [-0.2, 0) is 0 Å². The molecule has 98 valence electrons. The zero-order valence-electron chi connectivity index (χ0n) is 9.38. The minimum absolute atomic E-state index is 0.253. The van der Waals surface area contributed by atoms with Crippen molar-refractivity contribution in [1.82, 2.24) is 0 Å². The fraction of sp³-hybridized carbons (Fsp3) is 0. The molecule has 0 aliphatic carbocycles. The first-order valence-electron chi connectivity index (χ1n) is 5.19. The molecule has 0 aliphatic rings. The number of nitrogens with one attached hydrogen (secondary N) is 1. The van der Waals surface area contributed by atoms with Crippen molar-refractivity contribution in [3.05, 3.63) is 60.6 Å². The van der Waals surface area contributed by atoms with E-state index in [9.17, 15) is 4.79 Å². The van der Waals surface area contributed by atoms with Crippen LogP contribution >= 0.6 is 57.4 Å². The Hall–Kier alpha value is -0.490. The third-order valence-electron chi connectivity index (χ3n) is 2.36. The fourth-order valence-electron chi connectivity index (χ4n) is 1.41. The second-order valence-corrected chi connectivity index (χ2v) is 6.10. The first kappa shape index (κ1) is 14.9. The van der Waals surface area contributed by atoms with E-state index in [-0.39, 0.29) is 5.91 Å². The second kappa shape index (κ2) is 6.31. The summed E-state index contributed by atoms with van der Waals surface area (Å²) in [6.45, 7) is 0. The number of carbonyl (C=O) groups is 1. The number of amides is 1. The van der Waals surface area contributed by atoms with E-state index in [1.165, 1.54) is 0 Å². The third-order valence-corrected chi connectivity index (χ3v) is 4.67. The van der Waals surface area contributed by atoms with E-state index < -0.39 is 0 Å². The average Bonchev–Trinajstić information content (AvgIpc) is 2.37. The van der Waals surface area contributed by atoms with Crippen molar-refractivity contribution in [2.45, 2.75) is 0 Å². The molecule has 2 nitrogen and oxygen atoms in total. The van der Waals surface area contributed by atoms with Crippen LogP contribution in [0.4, 0.5) is 5.69 Å². The summed E-state index contributed by atoms with van der Waals surface area (Å²) in [7, 11) is 0. The van der Waals surface area contributed by atoms with Gasteiger partial charge in [-0.3, -0.25) is 4.79 Å². The van der Waals surface area contributed by atoms with Crippen molar-refractivity contribution in [3.8, 4) is 0 Å². The van der Waals surface area contributed by atoms with Gasteiger partial charge in [-0.15, -0.1) is 0 Å². The van der Waals surface area contributed by atoms with E-state index in [0.717, 1.165) is 3.57 Å². The normalized spacial score (nSPS) is 10.3. The summed E-state index contributed by atoms with van der Waals surface area (Å²) in [5.74, 6) is -0.253. The summed E-state index contributed by atoms with van der Waals surface area (Å²) in [4.78, 5) is 12.0. The molecule has 0 fully saturated rings. The largest absolute Gasteiger partial charge is 0.322 e. The summed E-state index contributed by atoms with van der Waals surface area (Å²) >= 11 is 19.8. The second-order valence-electron chi connectivity index (χ2n) is 3.71. The minimum atomic E-state index is -0.253. The van der Waals surface area contributed by atoms with Crippen molar-refractivity contribution in [2.24, 2.45) is 0 Å². The van der Waals surface area contributed by atoms with Crippen molar-refractivity contribution in [2.75, 3.05) is 5.32 Å². The van der Waals surface area contributed by atoms with Crippen LogP contribution in [0, 0.1) is 3.57 Å². The molecule has 0 aliphatic heterocycles. The summed E-state index contributed by atoms with van der Waals surface area (Å²) in [5, 5.41) is 4.10. The first-order valence-corrected chi connectivity index (χ1v) is 7.40. The van der Waals surface area contributed by atoms with Gasteiger partial charge in [0, 0.05) is 14.8 Å². The molecule has 0 spiro atoms. The lowest BCUT2D eigenvalue weighted by Crippen LogP contribution is -2.11. The molecule has 1 N–H and O–H groups in total. The SMILES string of the molecule is O=C(Nc1ccc(Cl)c(Cl)c1)c1ccc(I)c(Cl)c1. The van der Waals surface area contributed by atoms with Crippen molar-refractivity contribution in [1.29, 1.82) is 0 Å². The van der Waals surface area contributed by atoms with Gasteiger partial charge in [0.1, 0.15) is 0 Å². The van der Waals surface area contributed by atoms with Crippen LogP contribution in [0.3, 0.4) is 0 Å². The zero-order chi connectivity index (χ0) is 14.0. The Kier molecular flexibility index (Phi) is 4.95. The van der Waals surface area contributed by atoms with E-state index in [4.69, 9.17) is 34.8 Å². The minimum Gasteiger partial charge on any atom is -0.322 e. The van der Waals surface area contributed by atoms with Crippen molar-refractivity contribution < 1.29 is 4.79 Å². The van der Waals surface area contributed by atoms with Gasteiger partial charge in [-0.1, -0.05) is 34.8 Å². The Morgan fingerprint density at radius 3 is 2.32 bits per heavy atom. The summed E-state index contributed by atoms with van der Waals surface area (Å²) in [6, 6.07) is 10.0. The number of carbonyl (C=O) groups excluding carboxylic acids is 1. The van der Waals surface area contributed by atoms with Crippen LogP contribution in [0.15, 0.2) is 36.4 Å². The molecular formula is C13H7Cl3INO. The van der Waals surface area contributed by atoms with E-state index in [0.29, 0.717) is 26.3 Å². The summed E-state index contributed by atoms with van der Waals surface area (Å²) < 4.78 is 0.894. The molecule has 1 amide bonds. The monoisotopic (exact) mass is 425 g/mol. The average molecular weight is 426 g/mol. The number of hydrogen-bond donors (Lipinski definition) is 1. The van der Waals surface area contributed by atoms with Crippen LogP contribution in [-0.4, -0.2) is 5.91 Å². The molecule has 0 atom stereocenters. The van der Waals surface area contributed by atoms with E-state index in [2.05, 4.69) is 27.9 Å². The van der Waals surface area contributed by atoms with Crippen LogP contribution in [0.5, 0.6) is 0 Å². The van der Waals surface area contributed by atoms with Gasteiger partial charge in [0.2, 0.25) is 0 Å². The van der Waals surface area contributed by atoms with Gasteiger partial charge < -0.3 is 5.32 Å². The van der Waals surface area contributed by atoms with Gasteiger partial charge in [-0.2, -0.15) is 0 Å². The number of benzene rings is 2. The van der Waals surface area contributed by atoms with E-state index >= 15 is 0 Å². The molecule has 6 heteroatoms. The first-order chi connectivity index (χ1) is 8.97. The molecule has 2 rings (SSSR count). The van der Waals surface area contributed by atoms with Crippen molar-refractivity contribution in [3.63, 3.8) is 0 Å². The highest BCUT2D eigenvalue weighted by molar-refractivity contribution is 14.1. The van der Waals surface area contributed by atoms with Crippen LogP contribution < -0.4 is 5.32 Å². The highest BCUT2D eigenvalue weighted by Crippen LogP contribution is 2.26. The molecule has 0 radical (unpaired) electrons. The Bertz CT molecular complexity index is 646. The number of halogens is 4. The standard InChI is InChI=1S/C13H7Cl3INO/c14-9-3-2-8(6-10(9)15)18-13(19)7-1-4-12(17)11(16)5-7/h1-6H,(H,18,19). The smallest absolute Gasteiger partial charge is 0.255 e. The van der Waals surface area contributed by atoms with Crippen LogP contribution in [0.1, 0.15) is 10.4 Å². The van der Waals surface area contributed by atoms with Crippen LogP contribution in [0.2, 0.25) is 15.1 Å². The molecule has 2 aromatic rings. The fourth-order valence-corrected chi connectivity index (χ4v) is 2.23. The van der Waals surface area contributed by atoms with E-state index in [1.54, 1.807) is 36.4 Å². The van der Waals surface area contributed by atoms with Gasteiger partial charge in [0.15, 0.2) is 0 Å². The van der Waals surface area contributed by atoms with Gasteiger partial charge in [0.05, 0.1) is 15.1 Å². The molecule has 0 aromatic heterocycles. The summed E-state index contributed by atoms with van der Waals surface area (Å²) in [5.41, 5.74) is 1.06. The van der Waals surface area contributed by atoms with E-state index in [1.807, 2.05) is 0 Å². The Balaban J connectivity index is 2.20. The predicted octanol–water partition coefficient (Wildman–Crippen LogP) is 5.50. The molecule has 0 unspecified atom stereocenters. The molecule has 0 saturated carbocycles. The Morgan fingerprint density at radius 1 is 0.947 bits per heavy atom. The molecule has 0 heterocycles. The lowest BCUT2D eigenvalue weighted by molar-refractivity contribution is 0.102. The highest BCUT2D eigenvalue weighted by Gasteiger charge is 2.09. The Morgan fingerprint density at radius 2 is 1.68 bits per heavy atom. The molecular weight excluding hydrogens is 419 g/mol. The lowest BCUT2D eigenvalue weighted by atomic mass is 10.2. The highest BCUT2D eigenvalue weighted by atomic mass is 127. The maximum Gasteiger partial charge on any atom is 0.255 e. The number of hydrogen-bond acceptors (Lipinski definition) is 1. The molecule has 0 bridgehead atoms. The number of rotatable bonds is 2. The van der Waals surface area contributed by atoms with Gasteiger partial charge >= 0.3 is 0 Å². The maximum absolute atomic E-state index is 12.0. The third kappa shape index (κ3) is 3.75. The van der Waals surface area contributed by atoms with Crippen molar-refractivity contribution >= 4 is 69.0 Å². The van der Waals surface area contributed by atoms with Gasteiger partial charge in [0.25, 0.3) is 5.91 Å². The topological polar surface area (TPSA) is 29.1 Å². The summed E-state index contributed by atoms with van der Waals surface area (Å²) in [6.07, 6.45) is 0. The lowest BCUT2D eigenvalue weighted by Gasteiger charge is -2.07. The predicted molar refractivity (Wildman–Crippen MR) is 88.6 cm³/mol. The zero-order valence-corrected chi connectivity index (χ0v) is 13.8. The number of anilines is 1. The molecule has 19 heavy (non-hydrogen) atoms. The molecule has 2 aromatic carbocycles. The quantitative estimate of drug-likeness (QED) is 0.631. The molecule has 0 saturated heterocycles. The van der Waals surface area contributed by atoms with Gasteiger partial charge in [-0.05, 0) is 59.0 Å². The maximum atomic E-state index is 12.0.